The molecule has 3 heterocycles. The van der Waals surface area contributed by atoms with Crippen LogP contribution in [0.2, 0.25) is 0 Å². The number of amides is 1. The largest absolute Gasteiger partial charge is 0.380 e. The first-order valence-electron chi connectivity index (χ1n) is 11.7. The van der Waals surface area contributed by atoms with E-state index in [9.17, 15) is 9.90 Å². The smallest absolute Gasteiger partial charge is 0.253 e. The van der Waals surface area contributed by atoms with Crippen LogP contribution >= 0.6 is 0 Å². The average Bonchev–Trinajstić information content (AvgIpc) is 3.61. The van der Waals surface area contributed by atoms with Crippen LogP contribution in [-0.2, 0) is 15.1 Å². The molecular weight excluding hydrogens is 380 g/mol. The van der Waals surface area contributed by atoms with E-state index in [-0.39, 0.29) is 5.91 Å². The first kappa shape index (κ1) is 20.4. The Morgan fingerprint density at radius 3 is 2.43 bits per heavy atom. The zero-order chi connectivity index (χ0) is 20.6. The third-order valence-electron chi connectivity index (χ3n) is 7.29. The fraction of sp³-hybridized carbons (Fsp3) is 0.708. The first-order valence-corrected chi connectivity index (χ1v) is 11.7. The number of hydrogen-bond acceptors (Lipinski definition) is 5. The highest BCUT2D eigenvalue weighted by molar-refractivity contribution is 5.94. The number of benzene rings is 1. The summed E-state index contributed by atoms with van der Waals surface area (Å²) in [5.74, 6) is 0.926. The highest BCUT2D eigenvalue weighted by Gasteiger charge is 2.38. The van der Waals surface area contributed by atoms with Crippen LogP contribution in [0, 0.1) is 5.92 Å². The molecule has 0 bridgehead atoms. The van der Waals surface area contributed by atoms with Gasteiger partial charge in [0.25, 0.3) is 5.91 Å². The highest BCUT2D eigenvalue weighted by Crippen LogP contribution is 2.31. The summed E-state index contributed by atoms with van der Waals surface area (Å²) in [6.07, 6.45) is 7.58. The monoisotopic (exact) mass is 414 g/mol. The van der Waals surface area contributed by atoms with Gasteiger partial charge < -0.3 is 19.5 Å². The molecule has 0 aromatic heterocycles. The molecule has 1 saturated carbocycles. The minimum Gasteiger partial charge on any atom is -0.380 e. The van der Waals surface area contributed by atoms with Crippen molar-refractivity contribution < 1.29 is 19.4 Å². The molecule has 1 aliphatic carbocycles. The fourth-order valence-corrected chi connectivity index (χ4v) is 4.99. The lowest BCUT2D eigenvalue weighted by atomic mass is 9.91. The van der Waals surface area contributed by atoms with Gasteiger partial charge in [0.2, 0.25) is 0 Å². The minimum atomic E-state index is -0.880. The van der Waals surface area contributed by atoms with Crippen molar-refractivity contribution in [3.05, 3.63) is 35.4 Å². The summed E-state index contributed by atoms with van der Waals surface area (Å²) in [7, 11) is 0. The molecule has 3 aliphatic heterocycles. The van der Waals surface area contributed by atoms with E-state index in [2.05, 4.69) is 4.90 Å². The van der Waals surface area contributed by atoms with E-state index in [4.69, 9.17) is 9.47 Å². The van der Waals surface area contributed by atoms with Gasteiger partial charge in [-0.1, -0.05) is 12.1 Å². The van der Waals surface area contributed by atoms with Crippen LogP contribution in [0.1, 0.15) is 54.4 Å². The lowest BCUT2D eigenvalue weighted by Gasteiger charge is -2.42. The maximum absolute atomic E-state index is 12.9. The van der Waals surface area contributed by atoms with Gasteiger partial charge in [-0.3, -0.25) is 9.69 Å². The summed E-state index contributed by atoms with van der Waals surface area (Å²) < 4.78 is 11.3. The molecule has 164 valence electrons. The summed E-state index contributed by atoms with van der Waals surface area (Å²) >= 11 is 0. The van der Waals surface area contributed by atoms with E-state index in [0.29, 0.717) is 30.9 Å². The Hall–Kier alpha value is -1.47. The van der Waals surface area contributed by atoms with E-state index in [1.807, 2.05) is 29.2 Å². The van der Waals surface area contributed by atoms with Gasteiger partial charge >= 0.3 is 0 Å². The van der Waals surface area contributed by atoms with Gasteiger partial charge in [-0.05, 0) is 68.7 Å². The van der Waals surface area contributed by atoms with Crippen LogP contribution in [0.5, 0.6) is 0 Å². The highest BCUT2D eigenvalue weighted by atomic mass is 16.5. The van der Waals surface area contributed by atoms with Crippen LogP contribution in [0.15, 0.2) is 24.3 Å². The maximum Gasteiger partial charge on any atom is 0.253 e. The van der Waals surface area contributed by atoms with Crippen molar-refractivity contribution in [3.63, 3.8) is 0 Å². The number of likely N-dealkylation sites (tertiary alicyclic amines) is 2. The first-order chi connectivity index (χ1) is 14.6. The topological polar surface area (TPSA) is 62.2 Å². The number of carbonyl (C=O) groups is 1. The van der Waals surface area contributed by atoms with E-state index < -0.39 is 5.60 Å². The SMILES string of the molecule is O=C(c1ccc(C2(O)COC2)cc1)N1CCC(N2CCCC(OCC3CC3)C2)CC1. The maximum atomic E-state index is 12.9. The molecule has 0 spiro atoms. The molecule has 1 atom stereocenters. The van der Waals surface area contributed by atoms with E-state index in [0.717, 1.165) is 57.1 Å². The van der Waals surface area contributed by atoms with Crippen molar-refractivity contribution in [2.24, 2.45) is 5.92 Å². The molecule has 1 N–H and O–H groups in total. The molecular formula is C24H34N2O4. The van der Waals surface area contributed by atoms with Crippen LogP contribution in [0.25, 0.3) is 0 Å². The predicted molar refractivity (Wildman–Crippen MR) is 113 cm³/mol. The van der Waals surface area contributed by atoms with Crippen LogP contribution < -0.4 is 0 Å². The Morgan fingerprint density at radius 2 is 1.80 bits per heavy atom. The van der Waals surface area contributed by atoms with Gasteiger partial charge in [-0.15, -0.1) is 0 Å². The molecule has 1 unspecified atom stereocenters. The second-order valence-corrected chi connectivity index (χ2v) is 9.66. The predicted octanol–water partition coefficient (Wildman–Crippen LogP) is 2.40. The standard InChI is InChI=1S/C24H34N2O4/c27-23(19-5-7-20(8-6-19)24(28)16-29-17-24)25-12-9-21(10-13-25)26-11-1-2-22(14-26)30-15-18-3-4-18/h5-8,18,21-22,28H,1-4,9-17H2. The minimum absolute atomic E-state index is 0.0983. The Morgan fingerprint density at radius 1 is 1.07 bits per heavy atom. The van der Waals surface area contributed by atoms with E-state index in [1.165, 1.54) is 25.7 Å². The zero-order valence-corrected chi connectivity index (χ0v) is 17.8. The number of carbonyl (C=O) groups excluding carboxylic acids is 1. The van der Waals surface area contributed by atoms with Crippen molar-refractivity contribution in [3.8, 4) is 0 Å². The van der Waals surface area contributed by atoms with Gasteiger partial charge in [0.1, 0.15) is 5.60 Å². The van der Waals surface area contributed by atoms with Crippen molar-refractivity contribution in [2.45, 2.75) is 56.3 Å². The molecule has 1 aromatic carbocycles. The number of hydrogen-bond donors (Lipinski definition) is 1. The fourth-order valence-electron chi connectivity index (χ4n) is 4.99. The average molecular weight is 415 g/mol. The number of rotatable bonds is 6. The molecule has 4 fully saturated rings. The van der Waals surface area contributed by atoms with Gasteiger partial charge in [0.05, 0.1) is 19.3 Å². The molecule has 1 aromatic rings. The molecule has 4 aliphatic rings. The molecule has 1 amide bonds. The van der Waals surface area contributed by atoms with E-state index in [1.54, 1.807) is 0 Å². The molecule has 5 rings (SSSR count). The van der Waals surface area contributed by atoms with Crippen molar-refractivity contribution in [1.82, 2.24) is 9.80 Å². The van der Waals surface area contributed by atoms with E-state index >= 15 is 0 Å². The van der Waals surface area contributed by atoms with Crippen LogP contribution in [0.3, 0.4) is 0 Å². The lowest BCUT2D eigenvalue weighted by molar-refractivity contribution is -0.184. The van der Waals surface area contributed by atoms with Crippen LogP contribution in [-0.4, -0.2) is 79.0 Å². The normalized spacial score (nSPS) is 27.6. The Balaban J connectivity index is 1.11. The second kappa shape index (κ2) is 8.58. The third kappa shape index (κ3) is 4.42. The molecule has 3 saturated heterocycles. The Bertz CT molecular complexity index is 736. The summed E-state index contributed by atoms with van der Waals surface area (Å²) in [5.41, 5.74) is 0.648. The van der Waals surface area contributed by atoms with Gasteiger partial charge in [0.15, 0.2) is 0 Å². The number of piperidine rings is 2. The van der Waals surface area contributed by atoms with Crippen molar-refractivity contribution in [1.29, 1.82) is 0 Å². The quantitative estimate of drug-likeness (QED) is 0.775. The molecule has 6 heteroatoms. The number of ether oxygens (including phenoxy) is 2. The lowest BCUT2D eigenvalue weighted by Crippen LogP contribution is -2.51. The van der Waals surface area contributed by atoms with Crippen molar-refractivity contribution >= 4 is 5.91 Å². The van der Waals surface area contributed by atoms with Gasteiger partial charge in [-0.2, -0.15) is 0 Å². The second-order valence-electron chi connectivity index (χ2n) is 9.66. The summed E-state index contributed by atoms with van der Waals surface area (Å²) in [6.45, 7) is 5.46. The Kier molecular flexibility index (Phi) is 5.84. The third-order valence-corrected chi connectivity index (χ3v) is 7.29. The van der Waals surface area contributed by atoms with Gasteiger partial charge in [0, 0.05) is 37.8 Å². The summed E-state index contributed by atoms with van der Waals surface area (Å²) in [5, 5.41) is 10.4. The number of nitrogens with zero attached hydrogens (tertiary/aromatic N) is 2. The van der Waals surface area contributed by atoms with Crippen molar-refractivity contribution in [2.75, 3.05) is 46.0 Å². The number of aliphatic hydroxyl groups is 1. The summed E-state index contributed by atoms with van der Waals surface area (Å²) in [6, 6.07) is 7.96. The molecule has 6 nitrogen and oxygen atoms in total. The molecule has 0 radical (unpaired) electrons. The zero-order valence-electron chi connectivity index (χ0n) is 17.8. The Labute approximate surface area is 179 Å². The molecule has 30 heavy (non-hydrogen) atoms. The van der Waals surface area contributed by atoms with Gasteiger partial charge in [-0.25, -0.2) is 0 Å². The summed E-state index contributed by atoms with van der Waals surface area (Å²) in [4.78, 5) is 17.5. The van der Waals surface area contributed by atoms with Crippen LogP contribution in [0.4, 0.5) is 0 Å².